The van der Waals surface area contributed by atoms with Gasteiger partial charge in [-0.05, 0) is 26.8 Å². The molecule has 1 fully saturated rings. The number of rotatable bonds is 6. The van der Waals surface area contributed by atoms with Crippen LogP contribution in [-0.2, 0) is 10.0 Å². The van der Waals surface area contributed by atoms with E-state index in [1.165, 1.54) is 7.05 Å². The quantitative estimate of drug-likeness (QED) is 0.689. The molecule has 1 aromatic heterocycles. The number of anilines is 2. The number of hydrogen-bond acceptors (Lipinski definition) is 6. The fourth-order valence-electron chi connectivity index (χ4n) is 1.65. The van der Waals surface area contributed by atoms with Crippen molar-refractivity contribution >= 4 is 21.7 Å². The molecule has 0 unspecified atom stereocenters. The van der Waals surface area contributed by atoms with Crippen LogP contribution in [0.5, 0.6) is 0 Å². The molecule has 1 heterocycles. The lowest BCUT2D eigenvalue weighted by Crippen LogP contribution is -2.26. The Morgan fingerprint density at radius 2 is 2.05 bits per heavy atom. The van der Waals surface area contributed by atoms with Crippen LogP contribution >= 0.6 is 0 Å². The molecule has 4 N–H and O–H groups in total. The Labute approximate surface area is 113 Å². The average molecular weight is 285 g/mol. The van der Waals surface area contributed by atoms with Crippen LogP contribution in [0, 0.1) is 6.92 Å². The third-order valence-corrected chi connectivity index (χ3v) is 4.48. The highest BCUT2D eigenvalue weighted by Crippen LogP contribution is 2.39. The second-order valence-electron chi connectivity index (χ2n) is 4.66. The van der Waals surface area contributed by atoms with Gasteiger partial charge in [0.15, 0.2) is 0 Å². The van der Waals surface area contributed by atoms with Crippen molar-refractivity contribution in [3.05, 3.63) is 11.4 Å². The van der Waals surface area contributed by atoms with Crippen molar-refractivity contribution < 1.29 is 8.42 Å². The molecule has 7 nitrogen and oxygen atoms in total. The molecule has 19 heavy (non-hydrogen) atoms. The van der Waals surface area contributed by atoms with Crippen LogP contribution in [0.1, 0.15) is 30.1 Å². The number of sulfonamides is 1. The van der Waals surface area contributed by atoms with Crippen LogP contribution in [0.25, 0.3) is 0 Å². The molecule has 0 aromatic carbocycles. The summed E-state index contributed by atoms with van der Waals surface area (Å²) in [5.41, 5.74) is 6.60. The highest BCUT2D eigenvalue weighted by Gasteiger charge is 2.27. The number of hydrogen-bond donors (Lipinski definition) is 3. The summed E-state index contributed by atoms with van der Waals surface area (Å²) in [6.45, 7) is 2.10. The molecule has 0 aliphatic heterocycles. The predicted octanol–water partition coefficient (Wildman–Crippen LogP) is 0.206. The molecule has 0 radical (unpaired) electrons. The smallest absolute Gasteiger partial charge is 0.213 e. The first kappa shape index (κ1) is 14.0. The van der Waals surface area contributed by atoms with E-state index < -0.39 is 10.0 Å². The van der Waals surface area contributed by atoms with Crippen molar-refractivity contribution in [2.75, 3.05) is 30.4 Å². The summed E-state index contributed by atoms with van der Waals surface area (Å²) in [4.78, 5) is 8.69. The maximum atomic E-state index is 11.3. The van der Waals surface area contributed by atoms with Crippen molar-refractivity contribution in [1.82, 2.24) is 14.7 Å². The fourth-order valence-corrected chi connectivity index (χ4v) is 2.23. The number of nitrogens with two attached hydrogens (primary N) is 1. The normalized spacial score (nSPS) is 15.5. The van der Waals surface area contributed by atoms with E-state index in [0.717, 1.165) is 24.2 Å². The highest BCUT2D eigenvalue weighted by molar-refractivity contribution is 7.89. The Bertz CT molecular complexity index is 569. The summed E-state index contributed by atoms with van der Waals surface area (Å²) in [6, 6.07) is 0. The van der Waals surface area contributed by atoms with Gasteiger partial charge >= 0.3 is 0 Å². The Balaban J connectivity index is 2.07. The number of nitrogens with zero attached hydrogens (tertiary/aromatic N) is 2. The van der Waals surface area contributed by atoms with Gasteiger partial charge in [0.1, 0.15) is 17.5 Å². The van der Waals surface area contributed by atoms with E-state index in [2.05, 4.69) is 20.0 Å². The van der Waals surface area contributed by atoms with E-state index in [4.69, 9.17) is 5.73 Å². The lowest BCUT2D eigenvalue weighted by molar-refractivity contribution is 0.588. The fraction of sp³-hybridized carbons (Fsp3) is 0.636. The van der Waals surface area contributed by atoms with Gasteiger partial charge in [-0.1, -0.05) is 0 Å². The van der Waals surface area contributed by atoms with E-state index in [-0.39, 0.29) is 12.3 Å². The van der Waals surface area contributed by atoms with Crippen molar-refractivity contribution in [3.63, 3.8) is 0 Å². The standard InChI is InChI=1S/C11H19N5O2S/c1-7-9(12)15-11(8-3-4-8)16-10(7)14-5-6-19(17,18)13-2/h8,13H,3-6H2,1-2H3,(H3,12,14,15,16). The Kier molecular flexibility index (Phi) is 3.91. The van der Waals surface area contributed by atoms with Gasteiger partial charge in [-0.25, -0.2) is 23.1 Å². The van der Waals surface area contributed by atoms with Gasteiger partial charge in [0.05, 0.1) is 5.75 Å². The first-order valence-corrected chi connectivity index (χ1v) is 7.87. The topological polar surface area (TPSA) is 110 Å². The molecule has 2 rings (SSSR count). The minimum Gasteiger partial charge on any atom is -0.383 e. The van der Waals surface area contributed by atoms with Crippen LogP contribution in [-0.4, -0.2) is 37.7 Å². The monoisotopic (exact) mass is 285 g/mol. The molecule has 8 heteroatoms. The molecular formula is C11H19N5O2S. The van der Waals surface area contributed by atoms with Crippen molar-refractivity contribution in [3.8, 4) is 0 Å². The van der Waals surface area contributed by atoms with Crippen molar-refractivity contribution in [2.24, 2.45) is 0 Å². The van der Waals surface area contributed by atoms with Crippen LogP contribution in [0.4, 0.5) is 11.6 Å². The predicted molar refractivity (Wildman–Crippen MR) is 74.5 cm³/mol. The number of nitrogen functional groups attached to an aromatic ring is 1. The molecule has 1 aliphatic rings. The van der Waals surface area contributed by atoms with Gasteiger partial charge in [-0.3, -0.25) is 0 Å². The summed E-state index contributed by atoms with van der Waals surface area (Å²) < 4.78 is 24.9. The van der Waals surface area contributed by atoms with Gasteiger partial charge in [0, 0.05) is 18.0 Å². The SMILES string of the molecule is CNS(=O)(=O)CCNc1nc(C2CC2)nc(N)c1C. The summed E-state index contributed by atoms with van der Waals surface area (Å²) in [6.07, 6.45) is 2.19. The van der Waals surface area contributed by atoms with Crippen LogP contribution in [0.3, 0.4) is 0 Å². The zero-order valence-corrected chi connectivity index (χ0v) is 11.9. The molecule has 0 amide bonds. The molecule has 1 aromatic rings. The molecule has 0 spiro atoms. The first-order chi connectivity index (χ1) is 8.93. The van der Waals surface area contributed by atoms with Crippen molar-refractivity contribution in [1.29, 1.82) is 0 Å². The van der Waals surface area contributed by atoms with Gasteiger partial charge in [0.25, 0.3) is 0 Å². The summed E-state index contributed by atoms with van der Waals surface area (Å²) >= 11 is 0. The van der Waals surface area contributed by atoms with E-state index >= 15 is 0 Å². The lowest BCUT2D eigenvalue weighted by atomic mass is 10.3. The minimum absolute atomic E-state index is 0.00832. The summed E-state index contributed by atoms with van der Waals surface area (Å²) in [7, 11) is -1.82. The minimum atomic E-state index is -3.21. The molecule has 0 atom stereocenters. The van der Waals surface area contributed by atoms with Gasteiger partial charge in [0.2, 0.25) is 10.0 Å². The Morgan fingerprint density at radius 1 is 1.37 bits per heavy atom. The Hall–Kier alpha value is -1.41. The van der Waals surface area contributed by atoms with Crippen LogP contribution < -0.4 is 15.8 Å². The third kappa shape index (κ3) is 3.54. The third-order valence-electron chi connectivity index (χ3n) is 3.12. The number of nitrogens with one attached hydrogen (secondary N) is 2. The summed E-state index contributed by atoms with van der Waals surface area (Å²) in [5.74, 6) is 2.23. The van der Waals surface area contributed by atoms with Crippen molar-refractivity contribution in [2.45, 2.75) is 25.7 Å². The van der Waals surface area contributed by atoms with E-state index in [9.17, 15) is 8.42 Å². The van der Waals surface area contributed by atoms with E-state index in [0.29, 0.717) is 17.6 Å². The second kappa shape index (κ2) is 5.30. The maximum absolute atomic E-state index is 11.3. The molecule has 1 saturated carbocycles. The van der Waals surface area contributed by atoms with E-state index in [1.807, 2.05) is 6.92 Å². The van der Waals surface area contributed by atoms with Gasteiger partial charge < -0.3 is 11.1 Å². The first-order valence-electron chi connectivity index (χ1n) is 6.22. The zero-order valence-electron chi connectivity index (χ0n) is 11.1. The Morgan fingerprint density at radius 3 is 2.63 bits per heavy atom. The molecule has 0 saturated heterocycles. The second-order valence-corrected chi connectivity index (χ2v) is 6.71. The largest absolute Gasteiger partial charge is 0.383 e. The molecule has 106 valence electrons. The van der Waals surface area contributed by atoms with E-state index in [1.54, 1.807) is 0 Å². The highest BCUT2D eigenvalue weighted by atomic mass is 32.2. The average Bonchev–Trinajstić information content (AvgIpc) is 3.18. The molecule has 1 aliphatic carbocycles. The van der Waals surface area contributed by atoms with Gasteiger partial charge in [-0.15, -0.1) is 0 Å². The molecular weight excluding hydrogens is 266 g/mol. The van der Waals surface area contributed by atoms with Gasteiger partial charge in [-0.2, -0.15) is 0 Å². The van der Waals surface area contributed by atoms with Crippen LogP contribution in [0.2, 0.25) is 0 Å². The summed E-state index contributed by atoms with van der Waals surface area (Å²) in [5, 5.41) is 3.02. The zero-order chi connectivity index (χ0) is 14.0. The molecule has 0 bridgehead atoms. The van der Waals surface area contributed by atoms with Crippen LogP contribution in [0.15, 0.2) is 0 Å². The maximum Gasteiger partial charge on any atom is 0.213 e. The number of aromatic nitrogens is 2. The lowest BCUT2D eigenvalue weighted by Gasteiger charge is -2.11.